The number of hydrazone groups is 1. The van der Waals surface area contributed by atoms with Crippen LogP contribution in [0.25, 0.3) is 0 Å². The van der Waals surface area contributed by atoms with Crippen molar-refractivity contribution in [3.05, 3.63) is 35.6 Å². The van der Waals surface area contributed by atoms with E-state index in [0.29, 0.717) is 5.92 Å². The van der Waals surface area contributed by atoms with Gasteiger partial charge in [0.1, 0.15) is 11.4 Å². The Morgan fingerprint density at radius 1 is 1.30 bits per heavy atom. The van der Waals surface area contributed by atoms with Crippen molar-refractivity contribution in [3.8, 4) is 0 Å². The number of hydrogen-bond donors (Lipinski definition) is 1. The summed E-state index contributed by atoms with van der Waals surface area (Å²) >= 11 is 0. The lowest BCUT2D eigenvalue weighted by atomic mass is 10.1. The van der Waals surface area contributed by atoms with Gasteiger partial charge in [-0.15, -0.1) is 0 Å². The van der Waals surface area contributed by atoms with Gasteiger partial charge in [0, 0.05) is 5.92 Å². The van der Waals surface area contributed by atoms with Crippen molar-refractivity contribution >= 4 is 11.8 Å². The zero-order valence-corrected chi connectivity index (χ0v) is 11.9. The molecule has 1 fully saturated rings. The van der Waals surface area contributed by atoms with Gasteiger partial charge >= 0.3 is 6.09 Å². The summed E-state index contributed by atoms with van der Waals surface area (Å²) in [5.41, 5.74) is 3.44. The maximum Gasteiger partial charge on any atom is 0.428 e. The second-order valence-electron chi connectivity index (χ2n) is 5.89. The van der Waals surface area contributed by atoms with Crippen LogP contribution in [0.4, 0.5) is 9.18 Å². The molecule has 0 radical (unpaired) electrons. The van der Waals surface area contributed by atoms with Crippen LogP contribution in [0.5, 0.6) is 0 Å². The first-order valence-corrected chi connectivity index (χ1v) is 6.68. The minimum absolute atomic E-state index is 0.288. The molecule has 0 aliphatic heterocycles. The molecule has 1 amide bonds. The fraction of sp³-hybridized carbons (Fsp3) is 0.467. The smallest absolute Gasteiger partial charge is 0.428 e. The first-order valence-electron chi connectivity index (χ1n) is 6.68. The third-order valence-corrected chi connectivity index (χ3v) is 2.77. The molecule has 1 aromatic rings. The van der Waals surface area contributed by atoms with Gasteiger partial charge < -0.3 is 4.74 Å². The van der Waals surface area contributed by atoms with Crippen LogP contribution in [-0.2, 0) is 4.74 Å². The Morgan fingerprint density at radius 2 is 1.90 bits per heavy atom. The molecule has 0 aromatic heterocycles. The quantitative estimate of drug-likeness (QED) is 0.680. The number of amides is 1. The van der Waals surface area contributed by atoms with Crippen LogP contribution in [0.3, 0.4) is 0 Å². The van der Waals surface area contributed by atoms with Gasteiger partial charge in [0.2, 0.25) is 0 Å². The number of rotatable bonds is 3. The lowest BCUT2D eigenvalue weighted by Gasteiger charge is -2.18. The molecule has 20 heavy (non-hydrogen) atoms. The average Bonchev–Trinajstić information content (AvgIpc) is 3.13. The predicted octanol–water partition coefficient (Wildman–Crippen LogP) is 3.46. The average molecular weight is 278 g/mol. The number of nitrogens with zero attached hydrogens (tertiary/aromatic N) is 1. The maximum absolute atomic E-state index is 12.9. The Balaban J connectivity index is 2.07. The SMILES string of the molecule is CC(C)(C)OC(=O)N/N=C(\c1ccc(F)cc1)C1CC1. The molecule has 0 atom stereocenters. The number of nitrogens with one attached hydrogen (secondary N) is 1. The van der Waals surface area contributed by atoms with E-state index in [1.807, 2.05) is 0 Å². The highest BCUT2D eigenvalue weighted by Crippen LogP contribution is 2.33. The van der Waals surface area contributed by atoms with Crippen molar-refractivity contribution < 1.29 is 13.9 Å². The number of benzene rings is 1. The van der Waals surface area contributed by atoms with Crippen LogP contribution in [0.15, 0.2) is 29.4 Å². The third-order valence-electron chi connectivity index (χ3n) is 2.77. The fourth-order valence-electron chi connectivity index (χ4n) is 1.78. The summed E-state index contributed by atoms with van der Waals surface area (Å²) in [7, 11) is 0. The van der Waals surface area contributed by atoms with Crippen LogP contribution in [0.1, 0.15) is 39.2 Å². The van der Waals surface area contributed by atoms with Gasteiger partial charge in [-0.05, 0) is 51.3 Å². The molecule has 1 aliphatic rings. The van der Waals surface area contributed by atoms with Gasteiger partial charge in [-0.1, -0.05) is 12.1 Å². The minimum Gasteiger partial charge on any atom is -0.443 e. The van der Waals surface area contributed by atoms with Gasteiger partial charge in [-0.3, -0.25) is 0 Å². The van der Waals surface area contributed by atoms with Crippen LogP contribution >= 0.6 is 0 Å². The van der Waals surface area contributed by atoms with E-state index in [0.717, 1.165) is 24.1 Å². The molecule has 1 saturated carbocycles. The predicted molar refractivity (Wildman–Crippen MR) is 75.0 cm³/mol. The molecule has 0 heterocycles. The minimum atomic E-state index is -0.585. The molecule has 0 saturated heterocycles. The summed E-state index contributed by atoms with van der Waals surface area (Å²) in [6, 6.07) is 6.12. The molecule has 5 heteroatoms. The highest BCUT2D eigenvalue weighted by Gasteiger charge is 2.29. The van der Waals surface area contributed by atoms with E-state index in [-0.39, 0.29) is 5.82 Å². The van der Waals surface area contributed by atoms with E-state index in [9.17, 15) is 9.18 Å². The van der Waals surface area contributed by atoms with Gasteiger partial charge in [0.25, 0.3) is 0 Å². The Morgan fingerprint density at radius 3 is 2.40 bits per heavy atom. The van der Waals surface area contributed by atoms with Gasteiger partial charge in [-0.25, -0.2) is 14.6 Å². The van der Waals surface area contributed by atoms with Crippen molar-refractivity contribution in [2.45, 2.75) is 39.2 Å². The molecule has 1 aromatic carbocycles. The lowest BCUT2D eigenvalue weighted by Crippen LogP contribution is -2.30. The highest BCUT2D eigenvalue weighted by molar-refractivity contribution is 6.03. The maximum atomic E-state index is 12.9. The normalized spacial score (nSPS) is 15.9. The van der Waals surface area contributed by atoms with E-state index in [1.54, 1.807) is 32.9 Å². The molecule has 1 N–H and O–H groups in total. The number of hydrogen-bond acceptors (Lipinski definition) is 3. The molecular formula is C15H19FN2O2. The number of ether oxygens (including phenoxy) is 1. The molecule has 0 unspecified atom stereocenters. The Labute approximate surface area is 118 Å². The van der Waals surface area contributed by atoms with Crippen LogP contribution < -0.4 is 5.43 Å². The van der Waals surface area contributed by atoms with E-state index in [4.69, 9.17) is 4.74 Å². The fourth-order valence-corrected chi connectivity index (χ4v) is 1.78. The first-order chi connectivity index (χ1) is 9.35. The summed E-state index contributed by atoms with van der Waals surface area (Å²) in [6.07, 6.45) is 1.48. The standard InChI is InChI=1S/C15H19FN2O2/c1-15(2,3)20-14(19)18-17-13(10-4-5-10)11-6-8-12(16)9-7-11/h6-10H,4-5H2,1-3H3,(H,18,19)/b17-13-. The summed E-state index contributed by atoms with van der Waals surface area (Å²) in [5, 5.41) is 4.14. The van der Waals surface area contributed by atoms with Gasteiger partial charge in [-0.2, -0.15) is 5.10 Å². The van der Waals surface area contributed by atoms with E-state index < -0.39 is 11.7 Å². The molecule has 108 valence electrons. The Hall–Kier alpha value is -1.91. The number of carbonyl (C=O) groups is 1. The number of halogens is 1. The van der Waals surface area contributed by atoms with Crippen molar-refractivity contribution in [2.24, 2.45) is 11.0 Å². The van der Waals surface area contributed by atoms with Crippen molar-refractivity contribution in [1.29, 1.82) is 0 Å². The second kappa shape index (κ2) is 5.61. The van der Waals surface area contributed by atoms with E-state index in [1.165, 1.54) is 12.1 Å². The van der Waals surface area contributed by atoms with Crippen LogP contribution in [0.2, 0.25) is 0 Å². The second-order valence-corrected chi connectivity index (χ2v) is 5.89. The summed E-state index contributed by atoms with van der Waals surface area (Å²) in [6.45, 7) is 5.37. The Bertz CT molecular complexity index is 514. The zero-order valence-electron chi connectivity index (χ0n) is 11.9. The van der Waals surface area contributed by atoms with Crippen molar-refractivity contribution in [3.63, 3.8) is 0 Å². The monoisotopic (exact) mass is 278 g/mol. The number of carbonyl (C=O) groups excluding carboxylic acids is 1. The molecule has 2 rings (SSSR count). The van der Waals surface area contributed by atoms with Gasteiger partial charge in [0.05, 0.1) is 5.71 Å². The third kappa shape index (κ3) is 4.33. The highest BCUT2D eigenvalue weighted by atomic mass is 19.1. The van der Waals surface area contributed by atoms with Crippen molar-refractivity contribution in [1.82, 2.24) is 5.43 Å². The molecule has 0 spiro atoms. The topological polar surface area (TPSA) is 50.7 Å². The summed E-state index contributed by atoms with van der Waals surface area (Å²) < 4.78 is 18.1. The zero-order chi connectivity index (χ0) is 14.8. The molecule has 0 bridgehead atoms. The summed E-state index contributed by atoms with van der Waals surface area (Å²) in [5.74, 6) is 0.0411. The van der Waals surface area contributed by atoms with E-state index >= 15 is 0 Å². The largest absolute Gasteiger partial charge is 0.443 e. The molecule has 1 aliphatic carbocycles. The van der Waals surface area contributed by atoms with Crippen molar-refractivity contribution in [2.75, 3.05) is 0 Å². The Kier molecular flexibility index (Phi) is 4.06. The van der Waals surface area contributed by atoms with Gasteiger partial charge in [0.15, 0.2) is 0 Å². The van der Waals surface area contributed by atoms with Crippen LogP contribution in [-0.4, -0.2) is 17.4 Å². The first kappa shape index (κ1) is 14.5. The van der Waals surface area contributed by atoms with Crippen LogP contribution in [0, 0.1) is 11.7 Å². The molecule has 4 nitrogen and oxygen atoms in total. The lowest BCUT2D eigenvalue weighted by molar-refractivity contribution is 0.0529. The summed E-state index contributed by atoms with van der Waals surface area (Å²) in [4.78, 5) is 11.6. The van der Waals surface area contributed by atoms with E-state index in [2.05, 4.69) is 10.5 Å². The molecular weight excluding hydrogens is 259 g/mol.